The first-order valence-electron chi connectivity index (χ1n) is 8.93. The van der Waals surface area contributed by atoms with E-state index in [1.807, 2.05) is 37.3 Å². The summed E-state index contributed by atoms with van der Waals surface area (Å²) in [4.78, 5) is 38.5. The molecule has 2 aliphatic rings. The zero-order valence-corrected chi connectivity index (χ0v) is 14.7. The van der Waals surface area contributed by atoms with Gasteiger partial charge in [0.2, 0.25) is 5.91 Å². The van der Waals surface area contributed by atoms with Crippen LogP contribution < -0.4 is 10.6 Å². The first-order chi connectivity index (χ1) is 11.9. The Kier molecular flexibility index (Phi) is 4.79. The molecule has 2 N–H and O–H groups in total. The van der Waals surface area contributed by atoms with E-state index in [2.05, 4.69) is 10.6 Å². The van der Waals surface area contributed by atoms with E-state index < -0.39 is 17.6 Å². The molecule has 1 spiro atoms. The molecule has 1 aromatic rings. The second-order valence-corrected chi connectivity index (χ2v) is 7.13. The topological polar surface area (TPSA) is 78.5 Å². The maximum absolute atomic E-state index is 12.7. The number of carbonyl (C=O) groups is 3. The zero-order chi connectivity index (χ0) is 18.0. The van der Waals surface area contributed by atoms with Crippen LogP contribution in [-0.2, 0) is 9.59 Å². The Balaban J connectivity index is 1.61. The largest absolute Gasteiger partial charge is 0.354 e. The van der Waals surface area contributed by atoms with Gasteiger partial charge < -0.3 is 10.6 Å². The molecule has 0 unspecified atom stereocenters. The summed E-state index contributed by atoms with van der Waals surface area (Å²) in [5, 5.41) is 5.68. The highest BCUT2D eigenvalue weighted by atomic mass is 16.2. The number of imide groups is 1. The van der Waals surface area contributed by atoms with Crippen molar-refractivity contribution in [3.8, 4) is 0 Å². The number of hydrogen-bond donors (Lipinski definition) is 2. The van der Waals surface area contributed by atoms with E-state index in [9.17, 15) is 14.4 Å². The van der Waals surface area contributed by atoms with Gasteiger partial charge >= 0.3 is 6.03 Å². The monoisotopic (exact) mass is 343 g/mol. The van der Waals surface area contributed by atoms with Crippen LogP contribution in [0.4, 0.5) is 4.79 Å². The van der Waals surface area contributed by atoms with Crippen molar-refractivity contribution in [3.63, 3.8) is 0 Å². The number of nitrogens with zero attached hydrogens (tertiary/aromatic N) is 1. The highest BCUT2D eigenvalue weighted by molar-refractivity contribution is 6.09. The van der Waals surface area contributed by atoms with E-state index in [0.29, 0.717) is 19.4 Å². The van der Waals surface area contributed by atoms with E-state index in [0.717, 1.165) is 23.3 Å². The molecule has 2 fully saturated rings. The maximum Gasteiger partial charge on any atom is 0.325 e. The first-order valence-corrected chi connectivity index (χ1v) is 8.93. The highest BCUT2D eigenvalue weighted by Crippen LogP contribution is 2.35. The smallest absolute Gasteiger partial charge is 0.325 e. The Morgan fingerprint density at radius 1 is 1.20 bits per heavy atom. The number of urea groups is 1. The molecule has 134 valence electrons. The Hall–Kier alpha value is -2.37. The second-order valence-electron chi connectivity index (χ2n) is 7.13. The lowest BCUT2D eigenvalue weighted by Crippen LogP contribution is -2.50. The molecular formula is C19H25N3O3. The van der Waals surface area contributed by atoms with Crippen molar-refractivity contribution in [2.75, 3.05) is 6.54 Å². The van der Waals surface area contributed by atoms with Crippen molar-refractivity contribution in [1.82, 2.24) is 15.5 Å². The van der Waals surface area contributed by atoms with Gasteiger partial charge in [0.15, 0.2) is 0 Å². The van der Waals surface area contributed by atoms with E-state index in [4.69, 9.17) is 0 Å². The molecule has 1 aliphatic carbocycles. The van der Waals surface area contributed by atoms with Crippen LogP contribution in [0.3, 0.4) is 0 Å². The molecule has 25 heavy (non-hydrogen) atoms. The molecule has 0 radical (unpaired) electrons. The van der Waals surface area contributed by atoms with Crippen molar-refractivity contribution >= 4 is 17.8 Å². The fourth-order valence-corrected chi connectivity index (χ4v) is 3.73. The molecule has 2 atom stereocenters. The Morgan fingerprint density at radius 2 is 1.84 bits per heavy atom. The van der Waals surface area contributed by atoms with E-state index >= 15 is 0 Å². The van der Waals surface area contributed by atoms with Gasteiger partial charge in [-0.2, -0.15) is 0 Å². The quantitative estimate of drug-likeness (QED) is 0.804. The van der Waals surface area contributed by atoms with Gasteiger partial charge in [0.25, 0.3) is 5.91 Å². The van der Waals surface area contributed by atoms with Gasteiger partial charge in [0.05, 0.1) is 0 Å². The molecule has 6 heteroatoms. The summed E-state index contributed by atoms with van der Waals surface area (Å²) in [6.45, 7) is 4.09. The van der Waals surface area contributed by atoms with E-state index in [1.54, 1.807) is 6.92 Å². The van der Waals surface area contributed by atoms with Gasteiger partial charge in [0.1, 0.15) is 11.6 Å². The van der Waals surface area contributed by atoms with Crippen LogP contribution in [0, 0.1) is 0 Å². The van der Waals surface area contributed by atoms with Crippen LogP contribution in [0.5, 0.6) is 0 Å². The fourth-order valence-electron chi connectivity index (χ4n) is 3.73. The lowest BCUT2D eigenvalue weighted by atomic mass is 9.97. The van der Waals surface area contributed by atoms with Gasteiger partial charge in [-0.15, -0.1) is 0 Å². The third-order valence-electron chi connectivity index (χ3n) is 5.37. The van der Waals surface area contributed by atoms with E-state index in [1.165, 1.54) is 0 Å². The lowest BCUT2D eigenvalue weighted by molar-refractivity contribution is -0.137. The summed E-state index contributed by atoms with van der Waals surface area (Å²) >= 11 is 0. The highest BCUT2D eigenvalue weighted by Gasteiger charge is 2.54. The molecule has 1 aromatic carbocycles. The van der Waals surface area contributed by atoms with Crippen molar-refractivity contribution < 1.29 is 14.4 Å². The van der Waals surface area contributed by atoms with Crippen LogP contribution in [0.15, 0.2) is 30.3 Å². The molecule has 1 saturated heterocycles. The van der Waals surface area contributed by atoms with Crippen molar-refractivity contribution in [3.05, 3.63) is 35.9 Å². The number of hydrogen-bond acceptors (Lipinski definition) is 3. The van der Waals surface area contributed by atoms with Gasteiger partial charge in [-0.1, -0.05) is 50.1 Å². The van der Waals surface area contributed by atoms with Crippen molar-refractivity contribution in [1.29, 1.82) is 0 Å². The summed E-state index contributed by atoms with van der Waals surface area (Å²) in [6, 6.07) is 8.65. The standard InChI is InChI=1S/C19H25N3O3/c1-13(15-8-4-3-5-9-15)12-20-16(23)14(2)22-17(24)19(21-18(22)25)10-6-7-11-19/h3-5,8-9,13-14H,6-7,10-12H2,1-2H3,(H,20,23)(H,21,25)/t13-,14-/m1/s1. The number of rotatable bonds is 5. The molecule has 1 aliphatic heterocycles. The number of carbonyl (C=O) groups excluding carboxylic acids is 3. The Morgan fingerprint density at radius 3 is 2.48 bits per heavy atom. The predicted octanol–water partition coefficient (Wildman–Crippen LogP) is 2.16. The van der Waals surface area contributed by atoms with Gasteiger partial charge in [-0.05, 0) is 31.2 Å². The molecule has 6 nitrogen and oxygen atoms in total. The summed E-state index contributed by atoms with van der Waals surface area (Å²) in [6.07, 6.45) is 3.17. The molecule has 0 aromatic heterocycles. The predicted molar refractivity (Wildman–Crippen MR) is 93.9 cm³/mol. The van der Waals surface area contributed by atoms with Crippen LogP contribution in [0.2, 0.25) is 0 Å². The average Bonchev–Trinajstić information content (AvgIpc) is 3.18. The number of benzene rings is 1. The van der Waals surface area contributed by atoms with Crippen LogP contribution in [-0.4, -0.2) is 40.9 Å². The zero-order valence-electron chi connectivity index (χ0n) is 14.7. The molecular weight excluding hydrogens is 318 g/mol. The first kappa shape index (κ1) is 17.5. The van der Waals surface area contributed by atoms with Crippen LogP contribution in [0.1, 0.15) is 51.0 Å². The minimum absolute atomic E-state index is 0.154. The minimum atomic E-state index is -0.810. The third kappa shape index (κ3) is 3.25. The number of amides is 4. The molecule has 4 amide bonds. The van der Waals surface area contributed by atoms with Gasteiger partial charge in [0, 0.05) is 6.54 Å². The summed E-state index contributed by atoms with van der Waals surface area (Å²) in [5.41, 5.74) is 0.360. The normalized spacial score (nSPS) is 21.3. The van der Waals surface area contributed by atoms with Crippen LogP contribution >= 0.6 is 0 Å². The molecule has 1 saturated carbocycles. The molecule has 0 bridgehead atoms. The second kappa shape index (κ2) is 6.86. The summed E-state index contributed by atoms with van der Waals surface area (Å²) < 4.78 is 0. The molecule has 3 rings (SSSR count). The number of nitrogens with one attached hydrogen (secondary N) is 2. The Labute approximate surface area is 148 Å². The lowest BCUT2D eigenvalue weighted by Gasteiger charge is -2.24. The third-order valence-corrected chi connectivity index (χ3v) is 5.37. The molecule has 1 heterocycles. The SMILES string of the molecule is C[C@H](CNC(=O)[C@@H](C)N1C(=O)NC2(CCCC2)C1=O)c1ccccc1. The fraction of sp³-hybridized carbons (Fsp3) is 0.526. The van der Waals surface area contributed by atoms with Crippen molar-refractivity contribution in [2.45, 2.75) is 57.0 Å². The van der Waals surface area contributed by atoms with Gasteiger partial charge in [-0.25, -0.2) is 9.69 Å². The van der Waals surface area contributed by atoms with Crippen LogP contribution in [0.25, 0.3) is 0 Å². The summed E-state index contributed by atoms with van der Waals surface area (Å²) in [7, 11) is 0. The Bertz CT molecular complexity index is 668. The van der Waals surface area contributed by atoms with E-state index in [-0.39, 0.29) is 17.7 Å². The minimum Gasteiger partial charge on any atom is -0.354 e. The maximum atomic E-state index is 12.7. The average molecular weight is 343 g/mol. The summed E-state index contributed by atoms with van der Waals surface area (Å²) in [5.74, 6) is -0.406. The van der Waals surface area contributed by atoms with Gasteiger partial charge in [-0.3, -0.25) is 9.59 Å². The van der Waals surface area contributed by atoms with Crippen molar-refractivity contribution in [2.24, 2.45) is 0 Å².